The molecule has 2 unspecified atom stereocenters. The summed E-state index contributed by atoms with van der Waals surface area (Å²) < 4.78 is 13.4. The van der Waals surface area contributed by atoms with Gasteiger partial charge in [-0.1, -0.05) is 17.7 Å². The van der Waals surface area contributed by atoms with Crippen molar-refractivity contribution in [2.45, 2.75) is 19.3 Å². The van der Waals surface area contributed by atoms with E-state index in [1.807, 2.05) is 0 Å². The van der Waals surface area contributed by atoms with E-state index in [1.54, 1.807) is 19.1 Å². The number of carbonyl (C=O) groups is 1. The van der Waals surface area contributed by atoms with Crippen LogP contribution in [0.3, 0.4) is 0 Å². The maximum absolute atomic E-state index is 13.4. The molecule has 1 aliphatic rings. The third-order valence-corrected chi connectivity index (χ3v) is 3.01. The third kappa shape index (κ3) is 1.55. The second-order valence-electron chi connectivity index (χ2n) is 3.69. The van der Waals surface area contributed by atoms with Gasteiger partial charge in [0.2, 0.25) is 0 Å². The Labute approximate surface area is 86.9 Å². The molecule has 2 rings (SSSR count). The summed E-state index contributed by atoms with van der Waals surface area (Å²) in [6.45, 7) is 1.54. The van der Waals surface area contributed by atoms with Crippen LogP contribution in [0.1, 0.15) is 24.8 Å². The molecule has 0 aliphatic heterocycles. The number of ketones is 1. The van der Waals surface area contributed by atoms with Crippen LogP contribution in [0.25, 0.3) is 0 Å². The summed E-state index contributed by atoms with van der Waals surface area (Å²) >= 11 is 5.88. The highest BCUT2D eigenvalue weighted by Crippen LogP contribution is 2.50. The number of Topliss-reactive ketones (excluding diaryl/α,β-unsaturated/α-hetero) is 1. The maximum Gasteiger partial charge on any atom is 0.133 e. The van der Waals surface area contributed by atoms with Crippen LogP contribution in [0, 0.1) is 11.7 Å². The largest absolute Gasteiger partial charge is 0.300 e. The fourth-order valence-electron chi connectivity index (χ4n) is 1.83. The van der Waals surface area contributed by atoms with Crippen molar-refractivity contribution in [2.24, 2.45) is 5.92 Å². The van der Waals surface area contributed by atoms with Gasteiger partial charge in [-0.05, 0) is 31.4 Å². The third-order valence-electron chi connectivity index (χ3n) is 2.68. The molecule has 1 fully saturated rings. The van der Waals surface area contributed by atoms with E-state index in [4.69, 9.17) is 11.6 Å². The zero-order valence-electron chi connectivity index (χ0n) is 7.76. The Balaban J connectivity index is 2.31. The molecule has 0 heterocycles. The van der Waals surface area contributed by atoms with E-state index in [1.165, 1.54) is 6.07 Å². The van der Waals surface area contributed by atoms with Gasteiger partial charge < -0.3 is 0 Å². The van der Waals surface area contributed by atoms with Gasteiger partial charge in [0.1, 0.15) is 11.6 Å². The van der Waals surface area contributed by atoms with E-state index >= 15 is 0 Å². The smallest absolute Gasteiger partial charge is 0.133 e. The summed E-state index contributed by atoms with van der Waals surface area (Å²) in [5.41, 5.74) is 0.509. The van der Waals surface area contributed by atoms with Gasteiger partial charge in [0.25, 0.3) is 0 Å². The fraction of sp³-hybridized carbons (Fsp3) is 0.364. The molecule has 3 heteroatoms. The summed E-state index contributed by atoms with van der Waals surface area (Å²) in [5, 5.41) is 0.429. The summed E-state index contributed by atoms with van der Waals surface area (Å²) in [5.74, 6) is -0.203. The van der Waals surface area contributed by atoms with E-state index in [0.717, 1.165) is 6.42 Å². The molecule has 2 atom stereocenters. The van der Waals surface area contributed by atoms with Gasteiger partial charge >= 0.3 is 0 Å². The first-order chi connectivity index (χ1) is 6.61. The maximum atomic E-state index is 13.4. The molecular weight excluding hydrogens is 203 g/mol. The summed E-state index contributed by atoms with van der Waals surface area (Å²) in [6.07, 6.45) is 0.732. The Hall–Kier alpha value is -0.890. The number of hydrogen-bond donors (Lipinski definition) is 0. The van der Waals surface area contributed by atoms with Crippen molar-refractivity contribution in [3.05, 3.63) is 34.6 Å². The van der Waals surface area contributed by atoms with Crippen LogP contribution in [0.2, 0.25) is 5.02 Å². The van der Waals surface area contributed by atoms with Gasteiger partial charge in [0.05, 0.1) is 0 Å². The van der Waals surface area contributed by atoms with Crippen LogP contribution in [0.4, 0.5) is 4.39 Å². The van der Waals surface area contributed by atoms with Crippen molar-refractivity contribution in [1.82, 2.24) is 0 Å². The number of benzene rings is 1. The van der Waals surface area contributed by atoms with Crippen LogP contribution < -0.4 is 0 Å². The molecule has 0 N–H and O–H groups in total. The quantitative estimate of drug-likeness (QED) is 0.736. The molecule has 74 valence electrons. The molecule has 0 aromatic heterocycles. The molecule has 14 heavy (non-hydrogen) atoms. The predicted octanol–water partition coefficient (Wildman–Crippen LogP) is 3.17. The Kier molecular flexibility index (Phi) is 2.31. The molecule has 0 amide bonds. The fourth-order valence-corrected chi connectivity index (χ4v) is 2.13. The normalized spacial score (nSPS) is 24.8. The van der Waals surface area contributed by atoms with Crippen molar-refractivity contribution >= 4 is 17.4 Å². The van der Waals surface area contributed by atoms with Crippen LogP contribution in [-0.4, -0.2) is 5.78 Å². The summed E-state index contributed by atoms with van der Waals surface area (Å²) in [7, 11) is 0. The summed E-state index contributed by atoms with van der Waals surface area (Å²) in [6, 6.07) is 4.62. The molecule has 0 saturated heterocycles. The highest BCUT2D eigenvalue weighted by Gasteiger charge is 2.44. The number of halogens is 2. The Morgan fingerprint density at radius 3 is 2.79 bits per heavy atom. The van der Waals surface area contributed by atoms with Gasteiger partial charge in [0, 0.05) is 16.5 Å². The van der Waals surface area contributed by atoms with Gasteiger partial charge in [-0.3, -0.25) is 4.79 Å². The second-order valence-corrected chi connectivity index (χ2v) is 4.10. The molecule has 1 aromatic rings. The lowest BCUT2D eigenvalue weighted by molar-refractivity contribution is -0.118. The highest BCUT2D eigenvalue weighted by atomic mass is 35.5. The van der Waals surface area contributed by atoms with Crippen molar-refractivity contribution in [3.63, 3.8) is 0 Å². The molecule has 0 radical (unpaired) electrons. The van der Waals surface area contributed by atoms with Gasteiger partial charge in [-0.25, -0.2) is 4.39 Å². The average Bonchev–Trinajstić information content (AvgIpc) is 2.83. The topological polar surface area (TPSA) is 17.1 Å². The SMILES string of the molecule is CC(=O)C1CC1c1c(F)cccc1Cl. The Morgan fingerprint density at radius 2 is 2.29 bits per heavy atom. The standard InChI is InChI=1S/C11H10ClFO/c1-6(14)7-5-8(7)11-9(12)3-2-4-10(11)13/h2-4,7-8H,5H2,1H3. The molecule has 0 spiro atoms. The molecule has 0 bridgehead atoms. The summed E-state index contributed by atoms with van der Waals surface area (Å²) in [4.78, 5) is 11.0. The van der Waals surface area contributed by atoms with Crippen molar-refractivity contribution in [2.75, 3.05) is 0 Å². The van der Waals surface area contributed by atoms with Crippen LogP contribution in [-0.2, 0) is 4.79 Å². The number of carbonyl (C=O) groups excluding carboxylic acids is 1. The predicted molar refractivity (Wildman–Crippen MR) is 52.9 cm³/mol. The number of hydrogen-bond acceptors (Lipinski definition) is 1. The first-order valence-corrected chi connectivity index (χ1v) is 4.93. The van der Waals surface area contributed by atoms with E-state index in [-0.39, 0.29) is 23.4 Å². The average molecular weight is 213 g/mol. The number of rotatable bonds is 2. The van der Waals surface area contributed by atoms with E-state index < -0.39 is 0 Å². The second kappa shape index (κ2) is 3.35. The van der Waals surface area contributed by atoms with Crippen LogP contribution >= 0.6 is 11.6 Å². The zero-order valence-corrected chi connectivity index (χ0v) is 8.51. The van der Waals surface area contributed by atoms with E-state index in [0.29, 0.717) is 10.6 Å². The molecule has 1 saturated carbocycles. The van der Waals surface area contributed by atoms with Crippen molar-refractivity contribution in [3.8, 4) is 0 Å². The van der Waals surface area contributed by atoms with E-state index in [9.17, 15) is 9.18 Å². The zero-order chi connectivity index (χ0) is 10.3. The minimum absolute atomic E-state index is 0.00111. The van der Waals surface area contributed by atoms with Gasteiger partial charge in [0.15, 0.2) is 0 Å². The molecule has 1 nitrogen and oxygen atoms in total. The lowest BCUT2D eigenvalue weighted by atomic mass is 10.1. The minimum atomic E-state index is -0.300. The monoisotopic (exact) mass is 212 g/mol. The Bertz CT molecular complexity index is 369. The Morgan fingerprint density at radius 1 is 1.57 bits per heavy atom. The van der Waals surface area contributed by atoms with E-state index in [2.05, 4.69) is 0 Å². The van der Waals surface area contributed by atoms with Gasteiger partial charge in [-0.2, -0.15) is 0 Å². The van der Waals surface area contributed by atoms with Crippen LogP contribution in [0.5, 0.6) is 0 Å². The van der Waals surface area contributed by atoms with Crippen molar-refractivity contribution < 1.29 is 9.18 Å². The first kappa shape index (κ1) is 9.66. The molecule has 1 aromatic carbocycles. The highest BCUT2D eigenvalue weighted by molar-refractivity contribution is 6.31. The minimum Gasteiger partial charge on any atom is -0.300 e. The lowest BCUT2D eigenvalue weighted by Gasteiger charge is -2.03. The molecular formula is C11H10ClFO. The first-order valence-electron chi connectivity index (χ1n) is 4.55. The van der Waals surface area contributed by atoms with Gasteiger partial charge in [-0.15, -0.1) is 0 Å². The van der Waals surface area contributed by atoms with Crippen LogP contribution in [0.15, 0.2) is 18.2 Å². The molecule has 1 aliphatic carbocycles. The lowest BCUT2D eigenvalue weighted by Crippen LogP contribution is -1.97. The van der Waals surface area contributed by atoms with Crippen molar-refractivity contribution in [1.29, 1.82) is 0 Å².